The molecule has 0 bridgehead atoms. The van der Waals surface area contributed by atoms with E-state index in [1.165, 1.54) is 0 Å². The minimum absolute atomic E-state index is 0.0278. The molecule has 1 atom stereocenters. The predicted molar refractivity (Wildman–Crippen MR) is 82.4 cm³/mol. The molecule has 0 aliphatic rings. The van der Waals surface area contributed by atoms with Crippen molar-refractivity contribution in [1.29, 1.82) is 0 Å². The topological polar surface area (TPSA) is 78.9 Å². The first-order valence-electron chi connectivity index (χ1n) is 7.48. The Kier molecular flexibility index (Phi) is 9.01. The van der Waals surface area contributed by atoms with Gasteiger partial charge in [-0.2, -0.15) is 0 Å². The molecule has 6 heteroatoms. The third kappa shape index (κ3) is 8.55. The predicted octanol–water partition coefficient (Wildman–Crippen LogP) is 2.33. The van der Waals surface area contributed by atoms with E-state index in [9.17, 15) is 9.59 Å². The molecule has 0 spiro atoms. The highest BCUT2D eigenvalue weighted by Gasteiger charge is 2.21. The SMILES string of the molecule is CCN(C(=O)NCCC(C)(C)CCC(=O)O)C(C)COC. The maximum Gasteiger partial charge on any atom is 0.317 e. The van der Waals surface area contributed by atoms with Crippen LogP contribution in [0.4, 0.5) is 4.79 Å². The average molecular weight is 302 g/mol. The maximum atomic E-state index is 12.1. The van der Waals surface area contributed by atoms with E-state index in [1.807, 2.05) is 27.7 Å². The van der Waals surface area contributed by atoms with Gasteiger partial charge in [-0.3, -0.25) is 4.79 Å². The molecule has 1 unspecified atom stereocenters. The van der Waals surface area contributed by atoms with Crippen LogP contribution in [-0.4, -0.2) is 54.9 Å². The summed E-state index contributed by atoms with van der Waals surface area (Å²) < 4.78 is 5.07. The van der Waals surface area contributed by atoms with Gasteiger partial charge in [-0.05, 0) is 32.1 Å². The number of carbonyl (C=O) groups is 2. The van der Waals surface area contributed by atoms with Crippen molar-refractivity contribution in [1.82, 2.24) is 10.2 Å². The minimum Gasteiger partial charge on any atom is -0.481 e. The number of nitrogens with zero attached hydrogens (tertiary/aromatic N) is 1. The summed E-state index contributed by atoms with van der Waals surface area (Å²) in [5.41, 5.74) is -0.0964. The summed E-state index contributed by atoms with van der Waals surface area (Å²) in [7, 11) is 1.62. The molecule has 0 aliphatic carbocycles. The largest absolute Gasteiger partial charge is 0.481 e. The molecule has 0 saturated heterocycles. The number of urea groups is 1. The van der Waals surface area contributed by atoms with Gasteiger partial charge in [0.25, 0.3) is 0 Å². The Morgan fingerprint density at radius 2 is 1.95 bits per heavy atom. The number of aliphatic carboxylic acids is 1. The molecular weight excluding hydrogens is 272 g/mol. The summed E-state index contributed by atoms with van der Waals surface area (Å²) in [4.78, 5) is 24.4. The number of methoxy groups -OCH3 is 1. The molecule has 0 saturated carbocycles. The van der Waals surface area contributed by atoms with Crippen molar-refractivity contribution in [3.8, 4) is 0 Å². The molecule has 0 rings (SSSR count). The second kappa shape index (κ2) is 9.60. The van der Waals surface area contributed by atoms with Crippen molar-refractivity contribution < 1.29 is 19.4 Å². The molecule has 0 aromatic rings. The highest BCUT2D eigenvalue weighted by Crippen LogP contribution is 2.26. The van der Waals surface area contributed by atoms with E-state index in [2.05, 4.69) is 5.32 Å². The van der Waals surface area contributed by atoms with Crippen molar-refractivity contribution in [3.05, 3.63) is 0 Å². The first kappa shape index (κ1) is 19.7. The van der Waals surface area contributed by atoms with Crippen LogP contribution in [0.25, 0.3) is 0 Å². The molecule has 0 fully saturated rings. The molecule has 2 amide bonds. The molecule has 6 nitrogen and oxygen atoms in total. The van der Waals surface area contributed by atoms with Crippen LogP contribution in [0.1, 0.15) is 47.0 Å². The Hall–Kier alpha value is -1.30. The fourth-order valence-electron chi connectivity index (χ4n) is 2.17. The first-order valence-corrected chi connectivity index (χ1v) is 7.48. The summed E-state index contributed by atoms with van der Waals surface area (Å²) in [6.45, 7) is 9.60. The zero-order valence-electron chi connectivity index (χ0n) is 13.9. The monoisotopic (exact) mass is 302 g/mol. The van der Waals surface area contributed by atoms with Crippen molar-refractivity contribution in [2.45, 2.75) is 53.0 Å². The van der Waals surface area contributed by atoms with Crippen LogP contribution in [0.5, 0.6) is 0 Å². The van der Waals surface area contributed by atoms with Gasteiger partial charge in [-0.15, -0.1) is 0 Å². The fraction of sp³-hybridized carbons (Fsp3) is 0.867. The lowest BCUT2D eigenvalue weighted by atomic mass is 9.84. The van der Waals surface area contributed by atoms with Crippen molar-refractivity contribution in [2.75, 3.05) is 26.8 Å². The molecule has 21 heavy (non-hydrogen) atoms. The molecule has 0 heterocycles. The number of carboxylic acid groups (broad SMARTS) is 1. The number of hydrogen-bond donors (Lipinski definition) is 2. The van der Waals surface area contributed by atoms with Crippen molar-refractivity contribution in [3.63, 3.8) is 0 Å². The molecule has 0 radical (unpaired) electrons. The van der Waals surface area contributed by atoms with Crippen LogP contribution in [-0.2, 0) is 9.53 Å². The summed E-state index contributed by atoms with van der Waals surface area (Å²) in [6.07, 6.45) is 1.52. The molecule has 0 aromatic carbocycles. The molecule has 0 aliphatic heterocycles. The van der Waals surface area contributed by atoms with Crippen LogP contribution in [0.2, 0.25) is 0 Å². The highest BCUT2D eigenvalue weighted by molar-refractivity contribution is 5.74. The molecule has 0 aromatic heterocycles. The summed E-state index contributed by atoms with van der Waals surface area (Å²) in [5.74, 6) is -0.780. The highest BCUT2D eigenvalue weighted by atomic mass is 16.5. The van der Waals surface area contributed by atoms with E-state index >= 15 is 0 Å². The Labute approximate surface area is 127 Å². The molecular formula is C15H30N2O4. The van der Waals surface area contributed by atoms with Gasteiger partial charge in [0, 0.05) is 26.6 Å². The minimum atomic E-state index is -0.780. The third-order valence-corrected chi connectivity index (χ3v) is 3.64. The van der Waals surface area contributed by atoms with E-state index < -0.39 is 5.97 Å². The zero-order valence-corrected chi connectivity index (χ0v) is 13.9. The van der Waals surface area contributed by atoms with Gasteiger partial charge in [0.1, 0.15) is 0 Å². The lowest BCUT2D eigenvalue weighted by molar-refractivity contribution is -0.137. The molecule has 2 N–H and O–H groups in total. The summed E-state index contributed by atoms with van der Waals surface area (Å²) in [6, 6.07) is -0.0731. The Balaban J connectivity index is 4.19. The molecule has 124 valence electrons. The van der Waals surface area contributed by atoms with Crippen molar-refractivity contribution >= 4 is 12.0 Å². The standard InChI is InChI=1S/C15H30N2O4/c1-6-17(12(2)11-21-5)14(20)16-10-9-15(3,4)8-7-13(18)19/h12H,6-11H2,1-5H3,(H,16,20)(H,18,19). The van der Waals surface area contributed by atoms with Crippen LogP contribution in [0.3, 0.4) is 0 Å². The quantitative estimate of drug-likeness (QED) is 0.649. The number of ether oxygens (including phenoxy) is 1. The van der Waals surface area contributed by atoms with Crippen LogP contribution < -0.4 is 5.32 Å². The Morgan fingerprint density at radius 1 is 1.33 bits per heavy atom. The number of likely N-dealkylation sites (N-methyl/N-ethyl adjacent to an activating group) is 1. The fourth-order valence-corrected chi connectivity index (χ4v) is 2.17. The van der Waals surface area contributed by atoms with Crippen LogP contribution in [0.15, 0.2) is 0 Å². The second-order valence-electron chi connectivity index (χ2n) is 6.13. The van der Waals surface area contributed by atoms with Gasteiger partial charge in [-0.1, -0.05) is 13.8 Å². The van der Waals surface area contributed by atoms with Gasteiger partial charge in [-0.25, -0.2) is 4.79 Å². The van der Waals surface area contributed by atoms with Crippen LogP contribution in [0, 0.1) is 5.41 Å². The number of carbonyl (C=O) groups excluding carboxylic acids is 1. The Bertz CT molecular complexity index is 332. The second-order valence-corrected chi connectivity index (χ2v) is 6.13. The maximum absolute atomic E-state index is 12.1. The number of nitrogens with one attached hydrogen (secondary N) is 1. The van der Waals surface area contributed by atoms with Gasteiger partial charge >= 0.3 is 12.0 Å². The van der Waals surface area contributed by atoms with E-state index in [0.29, 0.717) is 26.1 Å². The van der Waals surface area contributed by atoms with Gasteiger partial charge in [0.15, 0.2) is 0 Å². The number of carboxylic acids is 1. The third-order valence-electron chi connectivity index (χ3n) is 3.64. The van der Waals surface area contributed by atoms with E-state index in [1.54, 1.807) is 12.0 Å². The first-order chi connectivity index (χ1) is 9.73. The van der Waals surface area contributed by atoms with E-state index in [4.69, 9.17) is 9.84 Å². The van der Waals surface area contributed by atoms with Gasteiger partial charge in [0.2, 0.25) is 0 Å². The number of amides is 2. The van der Waals surface area contributed by atoms with E-state index in [-0.39, 0.29) is 23.9 Å². The average Bonchev–Trinajstić information content (AvgIpc) is 2.37. The summed E-state index contributed by atoms with van der Waals surface area (Å²) >= 11 is 0. The van der Waals surface area contributed by atoms with Crippen molar-refractivity contribution in [2.24, 2.45) is 5.41 Å². The van der Waals surface area contributed by atoms with E-state index in [0.717, 1.165) is 6.42 Å². The van der Waals surface area contributed by atoms with Gasteiger partial charge in [0.05, 0.1) is 12.6 Å². The summed E-state index contributed by atoms with van der Waals surface area (Å²) in [5, 5.41) is 11.6. The lowest BCUT2D eigenvalue weighted by Crippen LogP contribution is -2.47. The number of rotatable bonds is 10. The number of hydrogen-bond acceptors (Lipinski definition) is 3. The zero-order chi connectivity index (χ0) is 16.5. The van der Waals surface area contributed by atoms with Gasteiger partial charge < -0.3 is 20.1 Å². The van der Waals surface area contributed by atoms with Crippen LogP contribution >= 0.6 is 0 Å². The smallest absolute Gasteiger partial charge is 0.317 e. The normalized spacial score (nSPS) is 12.8. The Morgan fingerprint density at radius 3 is 2.43 bits per heavy atom. The lowest BCUT2D eigenvalue weighted by Gasteiger charge is -2.29.